The second-order valence-corrected chi connectivity index (χ2v) is 7.10. The van der Waals surface area contributed by atoms with Gasteiger partial charge in [-0.25, -0.2) is 4.18 Å². The van der Waals surface area contributed by atoms with Gasteiger partial charge in [0, 0.05) is 13.1 Å². The average Bonchev–Trinajstić information content (AvgIpc) is 2.47. The van der Waals surface area contributed by atoms with Crippen molar-refractivity contribution < 1.29 is 12.6 Å². The maximum Gasteiger partial charge on any atom is 0.338 e. The van der Waals surface area contributed by atoms with E-state index in [1.165, 1.54) is 9.87 Å². The molecule has 0 bridgehead atoms. The molecule has 2 rings (SSSR count). The van der Waals surface area contributed by atoms with E-state index in [0.29, 0.717) is 13.1 Å². The molecule has 0 saturated heterocycles. The van der Waals surface area contributed by atoms with Crippen molar-refractivity contribution in [3.05, 3.63) is 35.4 Å². The highest BCUT2D eigenvalue weighted by molar-refractivity contribution is 7.84. The molecule has 21 heavy (non-hydrogen) atoms. The van der Waals surface area contributed by atoms with Crippen LogP contribution in [0.25, 0.3) is 0 Å². The molecule has 0 aromatic heterocycles. The van der Waals surface area contributed by atoms with Gasteiger partial charge in [0.25, 0.3) is 0 Å². The Morgan fingerprint density at radius 3 is 2.52 bits per heavy atom. The molecule has 0 aliphatic heterocycles. The van der Waals surface area contributed by atoms with Gasteiger partial charge >= 0.3 is 10.3 Å². The summed E-state index contributed by atoms with van der Waals surface area (Å²) in [6, 6.07) is 7.99. The summed E-state index contributed by atoms with van der Waals surface area (Å²) in [5, 5.41) is 0. The van der Waals surface area contributed by atoms with Crippen LogP contribution >= 0.6 is 0 Å². The second kappa shape index (κ2) is 7.38. The molecule has 0 saturated carbocycles. The van der Waals surface area contributed by atoms with Gasteiger partial charge in [-0.05, 0) is 43.2 Å². The molecule has 0 N–H and O–H groups in total. The van der Waals surface area contributed by atoms with Gasteiger partial charge in [0.05, 0.1) is 0 Å². The minimum absolute atomic E-state index is 0.337. The fraction of sp³-hybridized carbons (Fsp3) is 0.625. The van der Waals surface area contributed by atoms with Crippen LogP contribution in [0.4, 0.5) is 0 Å². The van der Waals surface area contributed by atoms with Gasteiger partial charge in [-0.2, -0.15) is 12.7 Å². The van der Waals surface area contributed by atoms with Crippen molar-refractivity contribution in [2.24, 2.45) is 0 Å². The van der Waals surface area contributed by atoms with E-state index in [1.54, 1.807) is 0 Å². The summed E-state index contributed by atoms with van der Waals surface area (Å²) in [6.45, 7) is 5.00. The zero-order chi connectivity index (χ0) is 15.3. The number of fused-ring (bicyclic) bond motifs is 1. The zero-order valence-electron chi connectivity index (χ0n) is 12.9. The van der Waals surface area contributed by atoms with Crippen molar-refractivity contribution >= 4 is 10.3 Å². The molecule has 118 valence electrons. The standard InChI is InChI=1S/C16H25NO3S/c1-3-12-17(13-4-2)21(18,19)20-16-11-7-9-14-8-5-6-10-15(14)16/h5-6,8,10,16H,3-4,7,9,11-13H2,1-2H3. The van der Waals surface area contributed by atoms with Gasteiger partial charge < -0.3 is 0 Å². The molecule has 1 aliphatic carbocycles. The number of hydrogen-bond donors (Lipinski definition) is 0. The van der Waals surface area contributed by atoms with Crippen LogP contribution in [0, 0.1) is 0 Å². The summed E-state index contributed by atoms with van der Waals surface area (Å²) in [7, 11) is -3.66. The third-order valence-electron chi connectivity index (χ3n) is 3.81. The lowest BCUT2D eigenvalue weighted by molar-refractivity contribution is 0.168. The lowest BCUT2D eigenvalue weighted by atomic mass is 9.90. The van der Waals surface area contributed by atoms with E-state index >= 15 is 0 Å². The van der Waals surface area contributed by atoms with Gasteiger partial charge in [-0.3, -0.25) is 0 Å². The predicted molar refractivity (Wildman–Crippen MR) is 84.3 cm³/mol. The van der Waals surface area contributed by atoms with Gasteiger partial charge in [-0.1, -0.05) is 38.1 Å². The van der Waals surface area contributed by atoms with Crippen molar-refractivity contribution in [3.8, 4) is 0 Å². The van der Waals surface area contributed by atoms with Gasteiger partial charge in [0.2, 0.25) is 0 Å². The van der Waals surface area contributed by atoms with Crippen LogP contribution in [-0.2, 0) is 20.9 Å². The number of rotatable bonds is 7. The third kappa shape index (κ3) is 4.05. The maximum atomic E-state index is 12.5. The molecule has 5 heteroatoms. The summed E-state index contributed by atoms with van der Waals surface area (Å²) in [6.07, 6.45) is 3.99. The molecule has 1 aliphatic rings. The lowest BCUT2D eigenvalue weighted by Gasteiger charge is -2.28. The van der Waals surface area contributed by atoms with Crippen LogP contribution in [0.15, 0.2) is 24.3 Å². The molecule has 0 fully saturated rings. The molecule has 0 radical (unpaired) electrons. The normalized spacial score (nSPS) is 18.7. The fourth-order valence-electron chi connectivity index (χ4n) is 2.85. The minimum Gasteiger partial charge on any atom is -0.250 e. The Morgan fingerprint density at radius 1 is 1.19 bits per heavy atom. The first-order valence-corrected chi connectivity index (χ1v) is 9.21. The molecule has 1 aromatic rings. The average molecular weight is 311 g/mol. The summed E-state index contributed by atoms with van der Waals surface area (Å²) >= 11 is 0. The number of nitrogens with zero attached hydrogens (tertiary/aromatic N) is 1. The lowest BCUT2D eigenvalue weighted by Crippen LogP contribution is -2.35. The highest BCUT2D eigenvalue weighted by Gasteiger charge is 2.29. The van der Waals surface area contributed by atoms with E-state index in [2.05, 4.69) is 6.07 Å². The van der Waals surface area contributed by atoms with Crippen LogP contribution < -0.4 is 0 Å². The maximum absolute atomic E-state index is 12.5. The SMILES string of the molecule is CCCN(CCC)S(=O)(=O)OC1CCCc2ccccc21. The van der Waals surface area contributed by atoms with Crippen LogP contribution in [0.1, 0.15) is 56.8 Å². The van der Waals surface area contributed by atoms with E-state index in [4.69, 9.17) is 4.18 Å². The summed E-state index contributed by atoms with van der Waals surface area (Å²) in [5.74, 6) is 0. The third-order valence-corrected chi connectivity index (χ3v) is 5.29. The van der Waals surface area contributed by atoms with Crippen LogP contribution in [0.5, 0.6) is 0 Å². The number of aryl methyl sites for hydroxylation is 1. The van der Waals surface area contributed by atoms with E-state index in [1.807, 2.05) is 32.0 Å². The zero-order valence-corrected chi connectivity index (χ0v) is 13.7. The van der Waals surface area contributed by atoms with Crippen molar-refractivity contribution in [1.29, 1.82) is 0 Å². The summed E-state index contributed by atoms with van der Waals surface area (Å²) in [5.41, 5.74) is 2.24. The highest BCUT2D eigenvalue weighted by atomic mass is 32.2. The Morgan fingerprint density at radius 2 is 1.86 bits per heavy atom. The monoisotopic (exact) mass is 311 g/mol. The first-order valence-electron chi connectivity index (χ1n) is 7.84. The Bertz CT molecular complexity index is 550. The van der Waals surface area contributed by atoms with Crippen LogP contribution in [0.3, 0.4) is 0 Å². The van der Waals surface area contributed by atoms with Crippen molar-refractivity contribution in [2.75, 3.05) is 13.1 Å². The molecule has 0 amide bonds. The van der Waals surface area contributed by atoms with E-state index in [-0.39, 0.29) is 6.10 Å². The quantitative estimate of drug-likeness (QED) is 0.775. The first kappa shape index (κ1) is 16.5. The summed E-state index contributed by atoms with van der Waals surface area (Å²) in [4.78, 5) is 0. The Balaban J connectivity index is 2.17. The molecule has 0 heterocycles. The minimum atomic E-state index is -3.66. The van der Waals surface area contributed by atoms with Gasteiger partial charge in [0.1, 0.15) is 6.10 Å². The number of benzene rings is 1. The Labute approximate surface area is 128 Å². The summed E-state index contributed by atoms with van der Waals surface area (Å²) < 4.78 is 32.0. The molecular formula is C16H25NO3S. The Kier molecular flexibility index (Phi) is 5.79. The van der Waals surface area contributed by atoms with Crippen LogP contribution in [0.2, 0.25) is 0 Å². The molecule has 1 atom stereocenters. The van der Waals surface area contributed by atoms with E-state index < -0.39 is 10.3 Å². The highest BCUT2D eigenvalue weighted by Crippen LogP contribution is 2.34. The number of hydrogen-bond acceptors (Lipinski definition) is 3. The smallest absolute Gasteiger partial charge is 0.250 e. The molecule has 1 aromatic carbocycles. The second-order valence-electron chi connectivity index (χ2n) is 5.53. The van der Waals surface area contributed by atoms with Crippen molar-refractivity contribution in [2.45, 2.75) is 52.1 Å². The van der Waals surface area contributed by atoms with E-state index in [9.17, 15) is 8.42 Å². The van der Waals surface area contributed by atoms with Crippen molar-refractivity contribution in [3.63, 3.8) is 0 Å². The van der Waals surface area contributed by atoms with Gasteiger partial charge in [-0.15, -0.1) is 0 Å². The van der Waals surface area contributed by atoms with Crippen molar-refractivity contribution in [1.82, 2.24) is 4.31 Å². The first-order chi connectivity index (χ1) is 10.1. The van der Waals surface area contributed by atoms with Crippen LogP contribution in [-0.4, -0.2) is 25.8 Å². The topological polar surface area (TPSA) is 46.6 Å². The Hall–Kier alpha value is -0.910. The molecule has 1 unspecified atom stereocenters. The van der Waals surface area contributed by atoms with Gasteiger partial charge in [0.15, 0.2) is 0 Å². The largest absolute Gasteiger partial charge is 0.338 e. The molecule has 4 nitrogen and oxygen atoms in total. The molecule has 0 spiro atoms. The predicted octanol–water partition coefficient (Wildman–Crippen LogP) is 3.45. The fourth-order valence-corrected chi connectivity index (χ4v) is 4.28. The van der Waals surface area contributed by atoms with E-state index in [0.717, 1.165) is 37.7 Å². The molecular weight excluding hydrogens is 286 g/mol.